The Morgan fingerprint density at radius 3 is 2.69 bits per heavy atom. The third-order valence-electron chi connectivity index (χ3n) is 4.72. The van der Waals surface area contributed by atoms with Crippen LogP contribution in [0.1, 0.15) is 29.3 Å². The van der Waals surface area contributed by atoms with Crippen LogP contribution >= 0.6 is 23.2 Å². The molecule has 1 aliphatic rings. The lowest BCUT2D eigenvalue weighted by Crippen LogP contribution is -2.44. The van der Waals surface area contributed by atoms with Gasteiger partial charge in [-0.15, -0.1) is 0 Å². The van der Waals surface area contributed by atoms with Gasteiger partial charge in [0.2, 0.25) is 0 Å². The Bertz CT molecular complexity index is 948. The highest BCUT2D eigenvalue weighted by molar-refractivity contribution is 6.36. The lowest BCUT2D eigenvalue weighted by Gasteiger charge is -2.35. The first-order valence-corrected chi connectivity index (χ1v) is 9.91. The highest BCUT2D eigenvalue weighted by Crippen LogP contribution is 2.30. The maximum Gasteiger partial charge on any atom is 0.325 e. The van der Waals surface area contributed by atoms with E-state index in [4.69, 9.17) is 27.9 Å². The van der Waals surface area contributed by atoms with Crippen molar-refractivity contribution in [2.24, 2.45) is 0 Å². The van der Waals surface area contributed by atoms with Crippen LogP contribution in [0.5, 0.6) is 0 Å². The minimum atomic E-state index is -0.713. The summed E-state index contributed by atoms with van der Waals surface area (Å²) in [5.74, 6) is -1.55. The molecule has 152 valence electrons. The predicted octanol–water partition coefficient (Wildman–Crippen LogP) is 3.63. The molecule has 2 aromatic rings. The van der Waals surface area contributed by atoms with Crippen molar-refractivity contribution in [1.82, 2.24) is 5.32 Å². The van der Waals surface area contributed by atoms with Gasteiger partial charge in [-0.3, -0.25) is 14.4 Å². The van der Waals surface area contributed by atoms with Gasteiger partial charge in [-0.2, -0.15) is 0 Å². The quantitative estimate of drug-likeness (QED) is 0.728. The zero-order valence-corrected chi connectivity index (χ0v) is 17.3. The topological polar surface area (TPSA) is 75.7 Å². The average Bonchev–Trinajstić information content (AvgIpc) is 2.70. The molecule has 0 fully saturated rings. The van der Waals surface area contributed by atoms with Gasteiger partial charge in [-0.05, 0) is 49.6 Å². The number of carbonyl (C=O) groups excluding carboxylic acids is 3. The molecule has 2 aromatic carbocycles. The maximum absolute atomic E-state index is 12.6. The number of halogens is 2. The van der Waals surface area contributed by atoms with E-state index >= 15 is 0 Å². The second kappa shape index (κ2) is 9.29. The van der Waals surface area contributed by atoms with Crippen molar-refractivity contribution in [2.75, 3.05) is 18.1 Å². The summed E-state index contributed by atoms with van der Waals surface area (Å²) in [6.45, 7) is 1.19. The second-order valence-corrected chi connectivity index (χ2v) is 7.59. The number of anilines is 1. The van der Waals surface area contributed by atoms with Gasteiger partial charge in [-0.25, -0.2) is 0 Å². The first-order valence-electron chi connectivity index (χ1n) is 9.15. The van der Waals surface area contributed by atoms with Gasteiger partial charge >= 0.3 is 5.97 Å². The SMILES string of the molecule is CC1CCc2ccccc2N1C(=O)COC(=O)CNC(=O)c1ccc(Cl)cc1Cl. The number of hydrogen-bond acceptors (Lipinski definition) is 4. The molecular weight excluding hydrogens is 415 g/mol. The molecule has 0 aromatic heterocycles. The number of fused-ring (bicyclic) bond motifs is 1. The summed E-state index contributed by atoms with van der Waals surface area (Å²) < 4.78 is 5.06. The molecule has 1 heterocycles. The van der Waals surface area contributed by atoms with Gasteiger partial charge in [0.15, 0.2) is 6.61 Å². The molecule has 0 saturated carbocycles. The number of rotatable bonds is 5. The van der Waals surface area contributed by atoms with Gasteiger partial charge in [0, 0.05) is 16.8 Å². The minimum absolute atomic E-state index is 0.0165. The largest absolute Gasteiger partial charge is 0.454 e. The third kappa shape index (κ3) is 5.08. The van der Waals surface area contributed by atoms with Crippen molar-refractivity contribution in [2.45, 2.75) is 25.8 Å². The normalized spacial score (nSPS) is 15.4. The predicted molar refractivity (Wildman–Crippen MR) is 111 cm³/mol. The Morgan fingerprint density at radius 1 is 1.17 bits per heavy atom. The van der Waals surface area contributed by atoms with E-state index < -0.39 is 18.5 Å². The molecule has 3 rings (SSSR count). The van der Waals surface area contributed by atoms with Crippen LogP contribution in [0.2, 0.25) is 10.0 Å². The van der Waals surface area contributed by atoms with Gasteiger partial charge in [0.05, 0.1) is 10.6 Å². The zero-order valence-electron chi connectivity index (χ0n) is 15.8. The maximum atomic E-state index is 12.6. The van der Waals surface area contributed by atoms with Crippen molar-refractivity contribution < 1.29 is 19.1 Å². The molecule has 29 heavy (non-hydrogen) atoms. The van der Waals surface area contributed by atoms with Crippen LogP contribution in [-0.4, -0.2) is 37.0 Å². The number of nitrogens with zero attached hydrogens (tertiary/aromatic N) is 1. The summed E-state index contributed by atoms with van der Waals surface area (Å²) in [5, 5.41) is 3.00. The Hall–Kier alpha value is -2.57. The van der Waals surface area contributed by atoms with E-state index in [9.17, 15) is 14.4 Å². The molecule has 0 saturated heterocycles. The fraction of sp³-hybridized carbons (Fsp3) is 0.286. The number of carbonyl (C=O) groups is 3. The average molecular weight is 435 g/mol. The molecule has 6 nitrogen and oxygen atoms in total. The molecule has 0 spiro atoms. The summed E-state index contributed by atoms with van der Waals surface area (Å²) in [5.41, 5.74) is 2.13. The van der Waals surface area contributed by atoms with Crippen molar-refractivity contribution in [1.29, 1.82) is 0 Å². The second-order valence-electron chi connectivity index (χ2n) is 6.75. The summed E-state index contributed by atoms with van der Waals surface area (Å²) in [6.07, 6.45) is 1.74. The standard InChI is InChI=1S/C21H20Cl2N2O4/c1-13-6-7-14-4-2-3-5-18(14)25(13)19(26)12-29-20(27)11-24-21(28)16-9-8-15(22)10-17(16)23/h2-5,8-10,13H,6-7,11-12H2,1H3,(H,24,28). The van der Waals surface area contributed by atoms with Gasteiger partial charge in [0.25, 0.3) is 11.8 Å². The van der Waals surface area contributed by atoms with E-state index in [2.05, 4.69) is 5.32 Å². The van der Waals surface area contributed by atoms with E-state index in [1.165, 1.54) is 18.2 Å². The number of amides is 2. The molecule has 0 aliphatic carbocycles. The lowest BCUT2D eigenvalue weighted by molar-refractivity contribution is -0.146. The molecule has 1 aliphatic heterocycles. The smallest absolute Gasteiger partial charge is 0.325 e. The number of esters is 1. The van der Waals surface area contributed by atoms with Crippen LogP contribution in [0.25, 0.3) is 0 Å². The van der Waals surface area contributed by atoms with Crippen LogP contribution in [0.15, 0.2) is 42.5 Å². The lowest BCUT2D eigenvalue weighted by atomic mass is 9.96. The Labute approximate surface area is 178 Å². The number of para-hydroxylation sites is 1. The van der Waals surface area contributed by atoms with E-state index in [1.807, 2.05) is 31.2 Å². The Morgan fingerprint density at radius 2 is 1.93 bits per heavy atom. The number of nitrogens with one attached hydrogen (secondary N) is 1. The van der Waals surface area contributed by atoms with Crippen LogP contribution in [0.4, 0.5) is 5.69 Å². The fourth-order valence-electron chi connectivity index (χ4n) is 3.25. The molecule has 8 heteroatoms. The highest BCUT2D eigenvalue weighted by atomic mass is 35.5. The van der Waals surface area contributed by atoms with Gasteiger partial charge in [0.1, 0.15) is 6.54 Å². The molecular formula is C21H20Cl2N2O4. The Balaban J connectivity index is 1.53. The fourth-order valence-corrected chi connectivity index (χ4v) is 3.75. The monoisotopic (exact) mass is 434 g/mol. The Kier molecular flexibility index (Phi) is 6.77. The number of aryl methyl sites for hydroxylation is 1. The van der Waals surface area contributed by atoms with Gasteiger partial charge < -0.3 is 15.0 Å². The zero-order chi connectivity index (χ0) is 21.0. The van der Waals surface area contributed by atoms with Crippen molar-refractivity contribution in [3.05, 3.63) is 63.6 Å². The van der Waals surface area contributed by atoms with Crippen LogP contribution in [-0.2, 0) is 20.7 Å². The first-order chi connectivity index (χ1) is 13.9. The van der Waals surface area contributed by atoms with Crippen LogP contribution in [0.3, 0.4) is 0 Å². The van der Waals surface area contributed by atoms with E-state index in [0.29, 0.717) is 5.02 Å². The van der Waals surface area contributed by atoms with Crippen LogP contribution in [0, 0.1) is 0 Å². The number of benzene rings is 2. The molecule has 0 bridgehead atoms. The van der Waals surface area contributed by atoms with E-state index in [1.54, 1.807) is 4.90 Å². The first kappa shape index (κ1) is 21.1. The van der Waals surface area contributed by atoms with Crippen molar-refractivity contribution in [3.8, 4) is 0 Å². The van der Waals surface area contributed by atoms with Gasteiger partial charge in [-0.1, -0.05) is 41.4 Å². The summed E-state index contributed by atoms with van der Waals surface area (Å²) in [6, 6.07) is 12.1. The van der Waals surface area contributed by atoms with E-state index in [-0.39, 0.29) is 29.1 Å². The summed E-state index contributed by atoms with van der Waals surface area (Å²) >= 11 is 11.8. The molecule has 2 amide bonds. The summed E-state index contributed by atoms with van der Waals surface area (Å²) in [7, 11) is 0. The minimum Gasteiger partial charge on any atom is -0.454 e. The molecule has 1 N–H and O–H groups in total. The van der Waals surface area contributed by atoms with Crippen LogP contribution < -0.4 is 10.2 Å². The van der Waals surface area contributed by atoms with E-state index in [0.717, 1.165) is 24.1 Å². The number of ether oxygens (including phenoxy) is 1. The van der Waals surface area contributed by atoms with Crippen molar-refractivity contribution in [3.63, 3.8) is 0 Å². The molecule has 1 atom stereocenters. The number of hydrogen-bond donors (Lipinski definition) is 1. The summed E-state index contributed by atoms with van der Waals surface area (Å²) in [4.78, 5) is 38.4. The molecule has 0 radical (unpaired) electrons. The third-order valence-corrected chi connectivity index (χ3v) is 5.27. The van der Waals surface area contributed by atoms with Crippen molar-refractivity contribution >= 4 is 46.7 Å². The molecule has 1 unspecified atom stereocenters. The highest BCUT2D eigenvalue weighted by Gasteiger charge is 2.28.